The summed E-state index contributed by atoms with van der Waals surface area (Å²) in [6.07, 6.45) is 60.5. The van der Waals surface area contributed by atoms with Gasteiger partial charge >= 0.3 is 13.8 Å². The zero-order chi connectivity index (χ0) is 47.6. The summed E-state index contributed by atoms with van der Waals surface area (Å²) in [7, 11) is 1.67. The number of unbranched alkanes of at least 4 members (excludes halogenated alkanes) is 32. The summed E-state index contributed by atoms with van der Waals surface area (Å²) in [6.45, 7) is 5.63. The smallest absolute Gasteiger partial charge is 0.457 e. The monoisotopic (exact) mass is 939 g/mol. The molecule has 65 heavy (non-hydrogen) atoms. The number of carbonyl (C=O) groups excluding carboxylic acids is 1. The SMILES string of the molecule is CCCCC/C=C\C/C=C\CCCCCCCCCCCCOCC(COP(=O)(O)OCC[N+](C)(C)C)OC(=O)CCCCCCCCCCCCC/C=C\CCCCCCCCCC. The number of likely N-dealkylation sites (N-methyl/N-ethyl adjacent to an activating group) is 1. The number of allylic oxidation sites excluding steroid dienone is 6. The Morgan fingerprint density at radius 2 is 0.846 bits per heavy atom. The van der Waals surface area contributed by atoms with Gasteiger partial charge < -0.3 is 18.9 Å². The average Bonchev–Trinajstić information content (AvgIpc) is 3.27. The van der Waals surface area contributed by atoms with E-state index in [0.717, 1.165) is 38.5 Å². The molecule has 1 N–H and O–H groups in total. The first kappa shape index (κ1) is 63.7. The largest absolute Gasteiger partial charge is 0.472 e. The molecule has 0 aromatic rings. The number of hydrogen-bond acceptors (Lipinski definition) is 6. The first-order valence-corrected chi connectivity index (χ1v) is 29.2. The van der Waals surface area contributed by atoms with Crippen molar-refractivity contribution >= 4 is 13.8 Å². The predicted molar refractivity (Wildman–Crippen MR) is 280 cm³/mol. The number of carbonyl (C=O) groups is 1. The third-order valence-corrected chi connectivity index (χ3v) is 13.2. The molecule has 2 unspecified atom stereocenters. The van der Waals surface area contributed by atoms with Crippen molar-refractivity contribution in [2.75, 3.05) is 54.1 Å². The Balaban J connectivity index is 4.08. The Morgan fingerprint density at radius 3 is 1.29 bits per heavy atom. The van der Waals surface area contributed by atoms with Crippen LogP contribution in [0.3, 0.4) is 0 Å². The van der Waals surface area contributed by atoms with Crippen molar-refractivity contribution in [3.8, 4) is 0 Å². The Morgan fingerprint density at radius 1 is 0.477 bits per heavy atom. The lowest BCUT2D eigenvalue weighted by Crippen LogP contribution is -2.37. The van der Waals surface area contributed by atoms with Crippen molar-refractivity contribution in [2.24, 2.45) is 0 Å². The average molecular weight is 939 g/mol. The molecule has 0 spiro atoms. The summed E-state index contributed by atoms with van der Waals surface area (Å²) in [5.74, 6) is -0.312. The Hall–Kier alpha value is -1.28. The van der Waals surface area contributed by atoms with Crippen LogP contribution in [0.4, 0.5) is 0 Å². The highest BCUT2D eigenvalue weighted by atomic mass is 31.2. The van der Waals surface area contributed by atoms with Crippen LogP contribution in [-0.4, -0.2) is 75.6 Å². The van der Waals surface area contributed by atoms with E-state index in [9.17, 15) is 14.3 Å². The Bertz CT molecular complexity index is 1140. The van der Waals surface area contributed by atoms with E-state index in [4.69, 9.17) is 18.5 Å². The van der Waals surface area contributed by atoms with Crippen LogP contribution in [0.25, 0.3) is 0 Å². The molecule has 0 radical (unpaired) electrons. The van der Waals surface area contributed by atoms with Crippen molar-refractivity contribution in [3.05, 3.63) is 36.5 Å². The van der Waals surface area contributed by atoms with Gasteiger partial charge in [-0.2, -0.15) is 0 Å². The summed E-state index contributed by atoms with van der Waals surface area (Å²) in [6, 6.07) is 0. The van der Waals surface area contributed by atoms with Crippen LogP contribution >= 0.6 is 7.82 Å². The molecule has 0 saturated heterocycles. The number of ether oxygens (including phenoxy) is 2. The Labute approximate surface area is 404 Å². The van der Waals surface area contributed by atoms with Gasteiger partial charge in [-0.05, 0) is 70.6 Å². The Kier molecular flexibility index (Phi) is 48.2. The summed E-state index contributed by atoms with van der Waals surface area (Å²) in [4.78, 5) is 23.1. The van der Waals surface area contributed by atoms with Crippen molar-refractivity contribution < 1.29 is 37.3 Å². The van der Waals surface area contributed by atoms with Gasteiger partial charge in [0, 0.05) is 13.0 Å². The van der Waals surface area contributed by atoms with E-state index in [2.05, 4.69) is 50.3 Å². The van der Waals surface area contributed by atoms with E-state index in [1.165, 1.54) is 199 Å². The molecule has 0 aliphatic rings. The van der Waals surface area contributed by atoms with Gasteiger partial charge in [0.2, 0.25) is 0 Å². The zero-order valence-electron chi connectivity index (χ0n) is 43.7. The lowest BCUT2D eigenvalue weighted by Gasteiger charge is -2.24. The second-order valence-corrected chi connectivity index (χ2v) is 21.4. The fourth-order valence-corrected chi connectivity index (χ4v) is 8.62. The predicted octanol–water partition coefficient (Wildman–Crippen LogP) is 17.3. The van der Waals surface area contributed by atoms with E-state index >= 15 is 0 Å². The lowest BCUT2D eigenvalue weighted by atomic mass is 10.0. The number of rotatable bonds is 52. The van der Waals surface area contributed by atoms with Crippen molar-refractivity contribution in [1.82, 2.24) is 0 Å². The molecule has 8 nitrogen and oxygen atoms in total. The number of hydrogen-bond donors (Lipinski definition) is 1. The van der Waals surface area contributed by atoms with Crippen molar-refractivity contribution in [3.63, 3.8) is 0 Å². The molecule has 2 atom stereocenters. The molecule has 0 saturated carbocycles. The van der Waals surface area contributed by atoms with Crippen LogP contribution in [0.1, 0.15) is 258 Å². The molecule has 0 bridgehead atoms. The lowest BCUT2D eigenvalue weighted by molar-refractivity contribution is -0.870. The molecule has 0 amide bonds. The highest BCUT2D eigenvalue weighted by Crippen LogP contribution is 2.43. The minimum atomic E-state index is -4.28. The first-order chi connectivity index (χ1) is 31.6. The van der Waals surface area contributed by atoms with E-state index in [1.807, 2.05) is 21.1 Å². The molecular weight excluding hydrogens is 830 g/mol. The van der Waals surface area contributed by atoms with Gasteiger partial charge in [0.25, 0.3) is 0 Å². The molecule has 0 aromatic carbocycles. The van der Waals surface area contributed by atoms with Crippen LogP contribution in [0.15, 0.2) is 36.5 Å². The summed E-state index contributed by atoms with van der Waals surface area (Å²) in [5, 5.41) is 0. The molecular formula is C56H109NO7P+. The van der Waals surface area contributed by atoms with Crippen LogP contribution < -0.4 is 0 Å². The minimum Gasteiger partial charge on any atom is -0.457 e. The third kappa shape index (κ3) is 53.5. The number of phosphoric ester groups is 1. The molecule has 0 heterocycles. The quantitative estimate of drug-likeness (QED) is 0.0214. The highest BCUT2D eigenvalue weighted by molar-refractivity contribution is 7.47. The van der Waals surface area contributed by atoms with Crippen molar-refractivity contribution in [1.29, 1.82) is 0 Å². The van der Waals surface area contributed by atoms with Gasteiger partial charge in [-0.25, -0.2) is 4.57 Å². The second-order valence-electron chi connectivity index (χ2n) is 20.0. The standard InChI is InChI=1S/C56H108NO7P/c1-6-8-10-12-14-16-18-20-22-24-26-28-29-30-31-33-35-37-39-41-43-45-47-49-56(58)64-55(54-63-65(59,60)62-52-50-57(3,4)5)53-61-51-48-46-44-42-40-38-36-34-32-27-25-23-21-19-17-15-13-11-9-7-2/h15,17,21,23-24,26,55H,6-14,16,18-20,22,25,27-54H2,1-5H3/p+1/b17-15-,23-21-,26-24-. The molecule has 0 fully saturated rings. The van der Waals surface area contributed by atoms with Gasteiger partial charge in [0.1, 0.15) is 19.3 Å². The van der Waals surface area contributed by atoms with Crippen LogP contribution in [0, 0.1) is 0 Å². The highest BCUT2D eigenvalue weighted by Gasteiger charge is 2.26. The second kappa shape index (κ2) is 49.2. The van der Waals surface area contributed by atoms with Crippen LogP contribution in [0.5, 0.6) is 0 Å². The van der Waals surface area contributed by atoms with Crippen LogP contribution in [-0.2, 0) is 27.9 Å². The fourth-order valence-electron chi connectivity index (χ4n) is 7.87. The summed E-state index contributed by atoms with van der Waals surface area (Å²) in [5.41, 5.74) is 0. The topological polar surface area (TPSA) is 91.3 Å². The van der Waals surface area contributed by atoms with Gasteiger partial charge in [-0.3, -0.25) is 13.8 Å². The van der Waals surface area contributed by atoms with Gasteiger partial charge in [-0.1, -0.05) is 217 Å². The summed E-state index contributed by atoms with van der Waals surface area (Å²) >= 11 is 0. The van der Waals surface area contributed by atoms with Crippen LogP contribution in [0.2, 0.25) is 0 Å². The minimum absolute atomic E-state index is 0.0886. The van der Waals surface area contributed by atoms with Crippen molar-refractivity contribution in [2.45, 2.75) is 264 Å². The number of nitrogens with zero attached hydrogens (tertiary/aromatic N) is 1. The molecule has 9 heteroatoms. The van der Waals surface area contributed by atoms with E-state index in [-0.39, 0.29) is 25.8 Å². The van der Waals surface area contributed by atoms with Gasteiger partial charge in [-0.15, -0.1) is 0 Å². The van der Waals surface area contributed by atoms with E-state index in [0.29, 0.717) is 24.1 Å². The van der Waals surface area contributed by atoms with Gasteiger partial charge in [0.05, 0.1) is 34.4 Å². The van der Waals surface area contributed by atoms with Gasteiger partial charge in [0.15, 0.2) is 0 Å². The maximum absolute atomic E-state index is 12.8. The first-order valence-electron chi connectivity index (χ1n) is 27.7. The fraction of sp³-hybridized carbons (Fsp3) is 0.875. The maximum Gasteiger partial charge on any atom is 0.472 e. The normalized spacial score (nSPS) is 13.8. The molecule has 0 rings (SSSR count). The zero-order valence-corrected chi connectivity index (χ0v) is 44.6. The molecule has 0 aromatic heterocycles. The van der Waals surface area contributed by atoms with E-state index < -0.39 is 13.9 Å². The number of quaternary nitrogens is 1. The third-order valence-electron chi connectivity index (χ3n) is 12.2. The number of esters is 1. The summed E-state index contributed by atoms with van der Waals surface area (Å²) < 4.78 is 35.2. The van der Waals surface area contributed by atoms with E-state index in [1.54, 1.807) is 0 Å². The maximum atomic E-state index is 12.8. The molecule has 0 aliphatic heterocycles. The molecule has 0 aliphatic carbocycles. The number of phosphoric acid groups is 1. The molecule has 384 valence electrons.